The van der Waals surface area contributed by atoms with Gasteiger partial charge in [-0.05, 0) is 24.6 Å². The number of rotatable bonds is 3. The molecule has 0 bridgehead atoms. The molecule has 66 valence electrons. The summed E-state index contributed by atoms with van der Waals surface area (Å²) >= 11 is 0. The molecule has 0 fully saturated rings. The minimum Gasteiger partial charge on any atom is -0.350 e. The van der Waals surface area contributed by atoms with E-state index < -0.39 is 0 Å². The first kappa shape index (κ1) is 9.16. The van der Waals surface area contributed by atoms with Gasteiger partial charge in [-0.15, -0.1) is 0 Å². The third kappa shape index (κ3) is 2.03. The van der Waals surface area contributed by atoms with Gasteiger partial charge >= 0.3 is 0 Å². The molecule has 0 atom stereocenters. The monoisotopic (exact) mass is 167 g/mol. The second-order valence-corrected chi connectivity index (χ2v) is 2.56. The molecule has 1 aromatic rings. The molecule has 1 heterocycles. The average Bonchev–Trinajstić information content (AvgIpc) is 2.07. The number of aromatic nitrogens is 1. The first-order chi connectivity index (χ1) is 5.77. The van der Waals surface area contributed by atoms with Gasteiger partial charge < -0.3 is 9.47 Å². The van der Waals surface area contributed by atoms with Crippen LogP contribution in [0, 0.1) is 6.92 Å². The zero-order chi connectivity index (χ0) is 8.97. The van der Waals surface area contributed by atoms with Gasteiger partial charge in [0.1, 0.15) is 0 Å². The van der Waals surface area contributed by atoms with E-state index in [1.54, 1.807) is 20.4 Å². The van der Waals surface area contributed by atoms with Crippen LogP contribution in [0.25, 0.3) is 0 Å². The molecular weight excluding hydrogens is 154 g/mol. The second-order valence-electron chi connectivity index (χ2n) is 2.56. The topological polar surface area (TPSA) is 31.4 Å². The van der Waals surface area contributed by atoms with Crippen molar-refractivity contribution in [3.63, 3.8) is 0 Å². The normalized spacial score (nSPS) is 10.7. The minimum atomic E-state index is -0.357. The van der Waals surface area contributed by atoms with E-state index in [0.29, 0.717) is 0 Å². The van der Waals surface area contributed by atoms with Gasteiger partial charge in [-0.1, -0.05) is 0 Å². The molecule has 0 aliphatic carbocycles. The van der Waals surface area contributed by atoms with Crippen LogP contribution in [0.3, 0.4) is 0 Å². The van der Waals surface area contributed by atoms with Crippen LogP contribution >= 0.6 is 0 Å². The Morgan fingerprint density at radius 2 is 2.00 bits per heavy atom. The van der Waals surface area contributed by atoms with Gasteiger partial charge in [-0.3, -0.25) is 4.98 Å². The minimum absolute atomic E-state index is 0.357. The molecular formula is C9H13NO2. The van der Waals surface area contributed by atoms with E-state index in [1.165, 1.54) is 0 Å². The molecule has 3 nitrogen and oxygen atoms in total. The van der Waals surface area contributed by atoms with E-state index in [9.17, 15) is 0 Å². The highest BCUT2D eigenvalue weighted by molar-refractivity contribution is 5.15. The van der Waals surface area contributed by atoms with Crippen molar-refractivity contribution in [1.82, 2.24) is 4.98 Å². The summed E-state index contributed by atoms with van der Waals surface area (Å²) in [5, 5.41) is 0. The first-order valence-electron chi connectivity index (χ1n) is 3.76. The quantitative estimate of drug-likeness (QED) is 0.642. The van der Waals surface area contributed by atoms with E-state index in [1.807, 2.05) is 19.1 Å². The number of aryl methyl sites for hydroxylation is 1. The fraction of sp³-hybridized carbons (Fsp3) is 0.444. The molecule has 0 radical (unpaired) electrons. The van der Waals surface area contributed by atoms with Gasteiger partial charge in [0.15, 0.2) is 0 Å². The second kappa shape index (κ2) is 4.18. The number of ether oxygens (including phenoxy) is 2. The Kier molecular flexibility index (Phi) is 3.19. The Morgan fingerprint density at radius 1 is 1.33 bits per heavy atom. The predicted octanol–water partition coefficient (Wildman–Crippen LogP) is 1.68. The first-order valence-corrected chi connectivity index (χ1v) is 3.76. The highest BCUT2D eigenvalue weighted by atomic mass is 16.7. The van der Waals surface area contributed by atoms with Gasteiger partial charge in [-0.25, -0.2) is 0 Å². The van der Waals surface area contributed by atoms with Crippen molar-refractivity contribution in [2.45, 2.75) is 13.2 Å². The van der Waals surface area contributed by atoms with Crippen LogP contribution in [-0.4, -0.2) is 19.2 Å². The third-order valence-electron chi connectivity index (χ3n) is 1.61. The maximum absolute atomic E-state index is 5.06. The summed E-state index contributed by atoms with van der Waals surface area (Å²) in [6.07, 6.45) is 1.39. The van der Waals surface area contributed by atoms with Gasteiger partial charge in [0.05, 0.1) is 5.69 Å². The van der Waals surface area contributed by atoms with Crippen LogP contribution in [0.1, 0.15) is 17.5 Å². The summed E-state index contributed by atoms with van der Waals surface area (Å²) in [5.41, 5.74) is 1.96. The van der Waals surface area contributed by atoms with Crippen LogP contribution in [-0.2, 0) is 9.47 Å². The molecule has 1 aromatic heterocycles. The number of nitrogens with zero attached hydrogens (tertiary/aromatic N) is 1. The maximum atomic E-state index is 5.06. The van der Waals surface area contributed by atoms with E-state index in [-0.39, 0.29) is 6.29 Å². The fourth-order valence-corrected chi connectivity index (χ4v) is 1.03. The van der Waals surface area contributed by atoms with E-state index in [4.69, 9.17) is 9.47 Å². The Hall–Kier alpha value is -0.930. The predicted molar refractivity (Wildman–Crippen MR) is 45.7 cm³/mol. The molecule has 1 rings (SSSR count). The molecule has 0 N–H and O–H groups in total. The molecule has 0 saturated carbocycles. The summed E-state index contributed by atoms with van der Waals surface area (Å²) in [6, 6.07) is 3.88. The Labute approximate surface area is 72.3 Å². The van der Waals surface area contributed by atoms with Crippen molar-refractivity contribution in [2.75, 3.05) is 14.2 Å². The molecule has 0 amide bonds. The Morgan fingerprint density at radius 3 is 2.50 bits per heavy atom. The standard InChI is InChI=1S/C9H13NO2/c1-7-4-5-10-8(6-7)9(11-2)12-3/h4-6,9H,1-3H3. The van der Waals surface area contributed by atoms with Crippen molar-refractivity contribution in [1.29, 1.82) is 0 Å². The molecule has 0 unspecified atom stereocenters. The highest BCUT2D eigenvalue weighted by Crippen LogP contribution is 2.14. The van der Waals surface area contributed by atoms with E-state index in [0.717, 1.165) is 11.3 Å². The lowest BCUT2D eigenvalue weighted by Gasteiger charge is -2.12. The zero-order valence-corrected chi connectivity index (χ0v) is 7.57. The Balaban J connectivity index is 2.85. The summed E-state index contributed by atoms with van der Waals surface area (Å²) in [6.45, 7) is 2.01. The van der Waals surface area contributed by atoms with Crippen LogP contribution in [0.5, 0.6) is 0 Å². The summed E-state index contributed by atoms with van der Waals surface area (Å²) in [5.74, 6) is 0. The van der Waals surface area contributed by atoms with Gasteiger partial charge in [0.25, 0.3) is 0 Å². The number of hydrogen-bond donors (Lipinski definition) is 0. The average molecular weight is 167 g/mol. The van der Waals surface area contributed by atoms with Crippen molar-refractivity contribution in [3.8, 4) is 0 Å². The molecule has 0 aliphatic rings. The third-order valence-corrected chi connectivity index (χ3v) is 1.61. The molecule has 0 aromatic carbocycles. The number of pyridine rings is 1. The van der Waals surface area contributed by atoms with E-state index >= 15 is 0 Å². The highest BCUT2D eigenvalue weighted by Gasteiger charge is 2.09. The van der Waals surface area contributed by atoms with Gasteiger partial charge in [0, 0.05) is 20.4 Å². The molecule has 0 saturated heterocycles. The Bertz CT molecular complexity index is 246. The van der Waals surface area contributed by atoms with Crippen LogP contribution in [0.2, 0.25) is 0 Å². The number of methoxy groups -OCH3 is 2. The van der Waals surface area contributed by atoms with Crippen molar-refractivity contribution in [2.24, 2.45) is 0 Å². The lowest BCUT2D eigenvalue weighted by Crippen LogP contribution is -2.05. The summed E-state index contributed by atoms with van der Waals surface area (Å²) < 4.78 is 10.1. The number of hydrogen-bond acceptors (Lipinski definition) is 3. The lowest BCUT2D eigenvalue weighted by molar-refractivity contribution is -0.108. The molecule has 12 heavy (non-hydrogen) atoms. The van der Waals surface area contributed by atoms with Crippen LogP contribution in [0.4, 0.5) is 0 Å². The van der Waals surface area contributed by atoms with Crippen molar-refractivity contribution >= 4 is 0 Å². The van der Waals surface area contributed by atoms with Crippen molar-refractivity contribution < 1.29 is 9.47 Å². The van der Waals surface area contributed by atoms with Gasteiger partial charge in [0.2, 0.25) is 6.29 Å². The van der Waals surface area contributed by atoms with Gasteiger partial charge in [-0.2, -0.15) is 0 Å². The fourth-order valence-electron chi connectivity index (χ4n) is 1.03. The van der Waals surface area contributed by atoms with E-state index in [2.05, 4.69) is 4.98 Å². The molecule has 3 heteroatoms. The summed E-state index contributed by atoms with van der Waals surface area (Å²) in [7, 11) is 3.19. The van der Waals surface area contributed by atoms with Crippen LogP contribution in [0.15, 0.2) is 18.3 Å². The lowest BCUT2D eigenvalue weighted by atomic mass is 10.2. The largest absolute Gasteiger partial charge is 0.350 e. The molecule has 0 spiro atoms. The molecule has 0 aliphatic heterocycles. The SMILES string of the molecule is COC(OC)c1cc(C)ccn1. The smallest absolute Gasteiger partial charge is 0.200 e. The van der Waals surface area contributed by atoms with Crippen LogP contribution < -0.4 is 0 Å². The summed E-state index contributed by atoms with van der Waals surface area (Å²) in [4.78, 5) is 4.13. The maximum Gasteiger partial charge on any atom is 0.200 e. The zero-order valence-electron chi connectivity index (χ0n) is 7.57. The van der Waals surface area contributed by atoms with Crippen molar-refractivity contribution in [3.05, 3.63) is 29.6 Å².